The molecule has 0 heterocycles. The van der Waals surface area contributed by atoms with Crippen LogP contribution in [0.1, 0.15) is 30.9 Å². The average Bonchev–Trinajstić information content (AvgIpc) is 2.39. The van der Waals surface area contributed by atoms with Crippen LogP contribution in [0.25, 0.3) is 0 Å². The van der Waals surface area contributed by atoms with Crippen molar-refractivity contribution in [3.8, 4) is 0 Å². The minimum Gasteiger partial charge on any atom is -0.338 e. The maximum absolute atomic E-state index is 11.8. The molecule has 108 valence electrons. The van der Waals surface area contributed by atoms with Crippen LogP contribution in [-0.2, 0) is 11.2 Å². The van der Waals surface area contributed by atoms with Gasteiger partial charge in [0.05, 0.1) is 6.04 Å². The summed E-state index contributed by atoms with van der Waals surface area (Å²) >= 11 is 0. The summed E-state index contributed by atoms with van der Waals surface area (Å²) in [6.45, 7) is 4.82. The Morgan fingerprint density at radius 1 is 1.35 bits per heavy atom. The Morgan fingerprint density at radius 3 is 2.80 bits per heavy atom. The molecule has 1 aliphatic rings. The molecule has 0 bridgehead atoms. The fraction of sp³-hybridized carbons (Fsp3) is 0.467. The zero-order chi connectivity index (χ0) is 14.5. The Balaban J connectivity index is 1.75. The number of hydrogen-bond donors (Lipinski definition) is 3. The maximum Gasteiger partial charge on any atom is 0.321 e. The van der Waals surface area contributed by atoms with E-state index in [1.165, 1.54) is 11.1 Å². The normalized spacial score (nSPS) is 17.6. The van der Waals surface area contributed by atoms with Crippen molar-refractivity contribution < 1.29 is 9.59 Å². The summed E-state index contributed by atoms with van der Waals surface area (Å²) in [5.41, 5.74) is 2.75. The number of nitrogens with one attached hydrogen (secondary N) is 3. The molecule has 0 aromatic heterocycles. The lowest BCUT2D eigenvalue weighted by Gasteiger charge is -2.31. The van der Waals surface area contributed by atoms with Gasteiger partial charge in [-0.3, -0.25) is 10.1 Å². The standard InChI is InChI=1S/C15H21N3O2/c1-3-16-15(20)18-14(19)10(2)17-9-12-8-11-6-4-5-7-13(11)12/h4-7,10,12,17H,3,8-9H2,1-2H3,(H2,16,18,19,20). The molecule has 1 aromatic carbocycles. The van der Waals surface area contributed by atoms with Gasteiger partial charge in [0.25, 0.3) is 0 Å². The van der Waals surface area contributed by atoms with Gasteiger partial charge in [0.15, 0.2) is 0 Å². The lowest BCUT2D eigenvalue weighted by molar-refractivity contribution is -0.121. The predicted molar refractivity (Wildman–Crippen MR) is 77.6 cm³/mol. The lowest BCUT2D eigenvalue weighted by atomic mass is 9.77. The number of urea groups is 1. The average molecular weight is 275 g/mol. The van der Waals surface area contributed by atoms with Crippen molar-refractivity contribution in [1.29, 1.82) is 0 Å². The summed E-state index contributed by atoms with van der Waals surface area (Å²) in [6.07, 6.45) is 1.05. The third-order valence-electron chi connectivity index (χ3n) is 3.60. The highest BCUT2D eigenvalue weighted by Crippen LogP contribution is 2.33. The molecule has 1 aromatic rings. The summed E-state index contributed by atoms with van der Waals surface area (Å²) in [6, 6.07) is 7.52. The first-order chi connectivity index (χ1) is 9.61. The van der Waals surface area contributed by atoms with E-state index in [1.807, 2.05) is 12.1 Å². The van der Waals surface area contributed by atoms with Gasteiger partial charge in [-0.1, -0.05) is 24.3 Å². The summed E-state index contributed by atoms with van der Waals surface area (Å²) in [7, 11) is 0. The molecule has 0 radical (unpaired) electrons. The van der Waals surface area contributed by atoms with Gasteiger partial charge < -0.3 is 10.6 Å². The van der Waals surface area contributed by atoms with E-state index in [1.54, 1.807) is 13.8 Å². The SMILES string of the molecule is CCNC(=O)NC(=O)C(C)NCC1Cc2ccccc21. The van der Waals surface area contributed by atoms with E-state index in [0.29, 0.717) is 12.5 Å². The molecule has 0 saturated heterocycles. The fourth-order valence-corrected chi connectivity index (χ4v) is 2.38. The first kappa shape index (κ1) is 14.5. The third-order valence-corrected chi connectivity index (χ3v) is 3.60. The van der Waals surface area contributed by atoms with Crippen molar-refractivity contribution in [2.45, 2.75) is 32.2 Å². The van der Waals surface area contributed by atoms with Crippen LogP contribution in [0.15, 0.2) is 24.3 Å². The molecular weight excluding hydrogens is 254 g/mol. The second kappa shape index (κ2) is 6.52. The number of benzene rings is 1. The van der Waals surface area contributed by atoms with Crippen molar-refractivity contribution in [2.24, 2.45) is 0 Å². The van der Waals surface area contributed by atoms with Crippen molar-refractivity contribution in [3.05, 3.63) is 35.4 Å². The van der Waals surface area contributed by atoms with Gasteiger partial charge in [0.2, 0.25) is 5.91 Å². The van der Waals surface area contributed by atoms with Crippen molar-refractivity contribution in [3.63, 3.8) is 0 Å². The van der Waals surface area contributed by atoms with Crippen LogP contribution in [-0.4, -0.2) is 31.1 Å². The smallest absolute Gasteiger partial charge is 0.321 e. The molecule has 0 saturated carbocycles. The minimum atomic E-state index is -0.444. The Labute approximate surface area is 119 Å². The van der Waals surface area contributed by atoms with E-state index in [9.17, 15) is 9.59 Å². The van der Waals surface area contributed by atoms with Gasteiger partial charge in [-0.2, -0.15) is 0 Å². The molecule has 20 heavy (non-hydrogen) atoms. The molecule has 0 fully saturated rings. The van der Waals surface area contributed by atoms with Gasteiger partial charge in [-0.05, 0) is 31.4 Å². The highest BCUT2D eigenvalue weighted by atomic mass is 16.2. The second-order valence-electron chi connectivity index (χ2n) is 5.08. The Kier molecular flexibility index (Phi) is 4.74. The quantitative estimate of drug-likeness (QED) is 0.755. The summed E-state index contributed by atoms with van der Waals surface area (Å²) < 4.78 is 0. The van der Waals surface area contributed by atoms with Crippen LogP contribution in [0.5, 0.6) is 0 Å². The molecule has 1 aliphatic carbocycles. The highest BCUT2D eigenvalue weighted by molar-refractivity contribution is 5.96. The predicted octanol–water partition coefficient (Wildman–Crippen LogP) is 1.15. The van der Waals surface area contributed by atoms with E-state index in [-0.39, 0.29) is 11.9 Å². The Bertz CT molecular complexity index is 502. The Hall–Kier alpha value is -1.88. The number of hydrogen-bond acceptors (Lipinski definition) is 3. The van der Waals surface area contributed by atoms with Gasteiger partial charge in [0.1, 0.15) is 0 Å². The van der Waals surface area contributed by atoms with E-state index in [0.717, 1.165) is 13.0 Å². The molecule has 2 unspecified atom stereocenters. The molecule has 0 aliphatic heterocycles. The molecular formula is C15H21N3O2. The Morgan fingerprint density at radius 2 is 2.10 bits per heavy atom. The highest BCUT2D eigenvalue weighted by Gasteiger charge is 2.26. The van der Waals surface area contributed by atoms with Crippen molar-refractivity contribution in [1.82, 2.24) is 16.0 Å². The second-order valence-corrected chi connectivity index (χ2v) is 5.08. The van der Waals surface area contributed by atoms with Crippen LogP contribution in [0, 0.1) is 0 Å². The van der Waals surface area contributed by atoms with Crippen LogP contribution in [0.2, 0.25) is 0 Å². The lowest BCUT2D eigenvalue weighted by Crippen LogP contribution is -2.49. The number of imide groups is 1. The molecule has 5 heteroatoms. The largest absolute Gasteiger partial charge is 0.338 e. The van der Waals surface area contributed by atoms with Gasteiger partial charge in [-0.15, -0.1) is 0 Å². The van der Waals surface area contributed by atoms with Crippen LogP contribution >= 0.6 is 0 Å². The van der Waals surface area contributed by atoms with Gasteiger partial charge >= 0.3 is 6.03 Å². The van der Waals surface area contributed by atoms with Gasteiger partial charge in [-0.25, -0.2) is 4.79 Å². The summed E-state index contributed by atoms with van der Waals surface area (Å²) in [5, 5.41) is 8.02. The van der Waals surface area contributed by atoms with E-state index < -0.39 is 6.03 Å². The van der Waals surface area contributed by atoms with Crippen LogP contribution in [0.3, 0.4) is 0 Å². The minimum absolute atomic E-state index is 0.302. The summed E-state index contributed by atoms with van der Waals surface area (Å²) in [4.78, 5) is 23.0. The number of amides is 3. The van der Waals surface area contributed by atoms with Crippen LogP contribution in [0.4, 0.5) is 4.79 Å². The zero-order valence-electron chi connectivity index (χ0n) is 11.9. The first-order valence-electron chi connectivity index (χ1n) is 7.01. The fourth-order valence-electron chi connectivity index (χ4n) is 2.38. The summed E-state index contributed by atoms with van der Waals surface area (Å²) in [5.74, 6) is 0.162. The topological polar surface area (TPSA) is 70.2 Å². The molecule has 2 atom stereocenters. The molecule has 2 rings (SSSR count). The maximum atomic E-state index is 11.8. The zero-order valence-corrected chi connectivity index (χ0v) is 11.9. The molecule has 5 nitrogen and oxygen atoms in total. The van der Waals surface area contributed by atoms with Gasteiger partial charge in [0, 0.05) is 19.0 Å². The van der Waals surface area contributed by atoms with Crippen molar-refractivity contribution in [2.75, 3.05) is 13.1 Å². The number of fused-ring (bicyclic) bond motifs is 1. The van der Waals surface area contributed by atoms with Crippen molar-refractivity contribution >= 4 is 11.9 Å². The molecule has 0 spiro atoms. The molecule has 3 amide bonds. The molecule has 3 N–H and O–H groups in total. The monoisotopic (exact) mass is 275 g/mol. The third kappa shape index (κ3) is 3.36. The number of rotatable bonds is 5. The van der Waals surface area contributed by atoms with E-state index in [2.05, 4.69) is 28.1 Å². The van der Waals surface area contributed by atoms with E-state index >= 15 is 0 Å². The number of carbonyl (C=O) groups is 2. The number of carbonyl (C=O) groups excluding carboxylic acids is 2. The first-order valence-corrected chi connectivity index (χ1v) is 7.01. The van der Waals surface area contributed by atoms with Crippen LogP contribution < -0.4 is 16.0 Å². The van der Waals surface area contributed by atoms with E-state index in [4.69, 9.17) is 0 Å².